The lowest BCUT2D eigenvalue weighted by Crippen LogP contribution is -2.28. The van der Waals surface area contributed by atoms with Crippen LogP contribution in [0.3, 0.4) is 0 Å². The van der Waals surface area contributed by atoms with E-state index in [-0.39, 0.29) is 11.7 Å². The molecule has 0 radical (unpaired) electrons. The van der Waals surface area contributed by atoms with E-state index in [0.717, 1.165) is 56.4 Å². The number of hydrogen-bond donors (Lipinski definition) is 0. The minimum absolute atomic E-state index is 0.0239. The van der Waals surface area contributed by atoms with Gasteiger partial charge in [0.25, 0.3) is 5.56 Å². The maximum Gasteiger partial charge on any atom is 0.264 e. The maximum absolute atomic E-state index is 13.9. The quantitative estimate of drug-likeness (QED) is 0.277. The van der Waals surface area contributed by atoms with Crippen molar-refractivity contribution in [3.8, 4) is 0 Å². The molecule has 1 aliphatic heterocycles. The zero-order chi connectivity index (χ0) is 22.2. The number of aromatic nitrogens is 4. The van der Waals surface area contributed by atoms with Gasteiger partial charge in [-0.05, 0) is 23.5 Å². The van der Waals surface area contributed by atoms with E-state index < -0.39 is 0 Å². The predicted molar refractivity (Wildman–Crippen MR) is 131 cm³/mol. The number of fused-ring (bicyclic) bond motifs is 5. The summed E-state index contributed by atoms with van der Waals surface area (Å²) in [6.07, 6.45) is 3.17. The van der Waals surface area contributed by atoms with Crippen molar-refractivity contribution < 1.29 is 4.74 Å². The number of benzene rings is 1. The molecule has 0 fully saturated rings. The Bertz CT molecular complexity index is 1310. The second kappa shape index (κ2) is 9.00. The predicted octanol–water partition coefficient (Wildman–Crippen LogP) is 5.14. The van der Waals surface area contributed by atoms with Crippen LogP contribution < -0.4 is 5.56 Å². The van der Waals surface area contributed by atoms with Crippen LogP contribution in [0.1, 0.15) is 49.6 Å². The molecule has 0 amide bonds. The summed E-state index contributed by atoms with van der Waals surface area (Å²) in [4.78, 5) is 16.0. The normalized spacial score (nSPS) is 16.3. The molecule has 1 aliphatic rings. The first-order valence-electron chi connectivity index (χ1n) is 11.3. The Kier molecular flexibility index (Phi) is 6.09. The molecule has 0 spiro atoms. The van der Waals surface area contributed by atoms with Crippen molar-refractivity contribution in [1.82, 2.24) is 19.2 Å². The molecule has 8 heteroatoms. The Labute approximate surface area is 195 Å². The Hall–Kier alpha value is -2.16. The Balaban J connectivity index is 1.74. The fraction of sp³-hybridized carbons (Fsp3) is 0.458. The molecule has 32 heavy (non-hydrogen) atoms. The molecule has 0 bridgehead atoms. The highest BCUT2D eigenvalue weighted by molar-refractivity contribution is 7.99. The van der Waals surface area contributed by atoms with Gasteiger partial charge in [-0.25, -0.2) is 4.40 Å². The van der Waals surface area contributed by atoms with Crippen LogP contribution in [0.25, 0.3) is 16.0 Å². The monoisotopic (exact) mass is 468 g/mol. The summed E-state index contributed by atoms with van der Waals surface area (Å²) in [6.45, 7) is 7.59. The Morgan fingerprint density at radius 3 is 2.81 bits per heavy atom. The summed E-state index contributed by atoms with van der Waals surface area (Å²) >= 11 is 3.38. The lowest BCUT2D eigenvalue weighted by Gasteiger charge is -2.26. The second-order valence-electron chi connectivity index (χ2n) is 8.68. The van der Waals surface area contributed by atoms with Crippen LogP contribution in [0.2, 0.25) is 0 Å². The highest BCUT2D eigenvalue weighted by Gasteiger charge is 2.29. The smallest absolute Gasteiger partial charge is 0.264 e. The van der Waals surface area contributed by atoms with Crippen LogP contribution in [-0.4, -0.2) is 31.0 Å². The fourth-order valence-corrected chi connectivity index (χ4v) is 6.54. The van der Waals surface area contributed by atoms with Crippen molar-refractivity contribution in [1.29, 1.82) is 0 Å². The standard InChI is InChI=1S/C24H28N4O2S2/c1-4-5-11-31-24-26-25-23-27(13-16-9-7-6-8-10-16)21(29)20-17-12-18(15(2)3)30-14-19(17)32-22(20)28(23)24/h6-10,15,18H,4-5,11-14H2,1-3H3. The first kappa shape index (κ1) is 21.7. The van der Waals surface area contributed by atoms with Gasteiger partial charge in [-0.1, -0.05) is 69.3 Å². The van der Waals surface area contributed by atoms with Gasteiger partial charge in [0.2, 0.25) is 5.78 Å². The van der Waals surface area contributed by atoms with E-state index in [0.29, 0.717) is 24.8 Å². The second-order valence-corrected chi connectivity index (χ2v) is 10.8. The summed E-state index contributed by atoms with van der Waals surface area (Å²) in [7, 11) is 0. The van der Waals surface area contributed by atoms with Crippen LogP contribution in [0.5, 0.6) is 0 Å². The number of unbranched alkanes of at least 4 members (excludes halogenated alkanes) is 1. The van der Waals surface area contributed by atoms with E-state index in [2.05, 4.69) is 35.4 Å². The lowest BCUT2D eigenvalue weighted by atomic mass is 9.96. The van der Waals surface area contributed by atoms with Crippen molar-refractivity contribution >= 4 is 39.1 Å². The summed E-state index contributed by atoms with van der Waals surface area (Å²) in [6, 6.07) is 10.1. The summed E-state index contributed by atoms with van der Waals surface area (Å²) in [5, 5.41) is 10.7. The van der Waals surface area contributed by atoms with Gasteiger partial charge in [0.1, 0.15) is 4.83 Å². The molecule has 4 heterocycles. The molecule has 0 saturated heterocycles. The summed E-state index contributed by atoms with van der Waals surface area (Å²) in [5.41, 5.74) is 2.25. The highest BCUT2D eigenvalue weighted by atomic mass is 32.2. The molecule has 0 aliphatic carbocycles. The molecule has 6 nitrogen and oxygen atoms in total. The number of nitrogens with zero attached hydrogens (tertiary/aromatic N) is 4. The van der Waals surface area contributed by atoms with Crippen molar-refractivity contribution in [2.75, 3.05) is 5.75 Å². The zero-order valence-electron chi connectivity index (χ0n) is 18.7. The molecule has 1 atom stereocenters. The van der Waals surface area contributed by atoms with Crippen molar-refractivity contribution in [2.45, 2.75) is 64.4 Å². The van der Waals surface area contributed by atoms with Crippen LogP contribution in [0.4, 0.5) is 0 Å². The molecule has 5 rings (SSSR count). The van der Waals surface area contributed by atoms with Crippen molar-refractivity contribution in [3.63, 3.8) is 0 Å². The van der Waals surface area contributed by atoms with Crippen LogP contribution >= 0.6 is 23.1 Å². The Morgan fingerprint density at radius 2 is 2.06 bits per heavy atom. The molecule has 4 aromatic rings. The van der Waals surface area contributed by atoms with Gasteiger partial charge in [-0.15, -0.1) is 21.5 Å². The largest absolute Gasteiger partial charge is 0.372 e. The van der Waals surface area contributed by atoms with Crippen LogP contribution in [0, 0.1) is 5.92 Å². The van der Waals surface area contributed by atoms with Crippen molar-refractivity contribution in [2.24, 2.45) is 5.92 Å². The molecule has 0 saturated carbocycles. The maximum atomic E-state index is 13.9. The van der Waals surface area contributed by atoms with E-state index in [1.807, 2.05) is 30.3 Å². The van der Waals surface area contributed by atoms with E-state index in [1.54, 1.807) is 27.7 Å². The van der Waals surface area contributed by atoms with Gasteiger partial charge in [0.15, 0.2) is 5.16 Å². The average Bonchev–Trinajstić information content (AvgIpc) is 3.38. The molecule has 168 valence electrons. The number of thioether (sulfide) groups is 1. The molecular weight excluding hydrogens is 440 g/mol. The SMILES string of the molecule is CCCCSc1nnc2n(Cc3ccccc3)c(=O)c3c4c(sc3n12)COC(C(C)C)C4. The number of thiophene rings is 1. The number of hydrogen-bond acceptors (Lipinski definition) is 6. The van der Waals surface area contributed by atoms with Crippen LogP contribution in [-0.2, 0) is 24.3 Å². The third kappa shape index (κ3) is 3.78. The number of ether oxygens (including phenoxy) is 1. The zero-order valence-corrected chi connectivity index (χ0v) is 20.3. The van der Waals surface area contributed by atoms with Gasteiger partial charge in [-0.2, -0.15) is 0 Å². The molecule has 0 N–H and O–H groups in total. The summed E-state index contributed by atoms with van der Waals surface area (Å²) in [5.74, 6) is 2.01. The molecule has 3 aromatic heterocycles. The number of rotatable bonds is 7. The minimum Gasteiger partial charge on any atom is -0.372 e. The van der Waals surface area contributed by atoms with Gasteiger partial charge >= 0.3 is 0 Å². The summed E-state index contributed by atoms with van der Waals surface area (Å²) < 4.78 is 10.0. The first-order chi connectivity index (χ1) is 15.6. The third-order valence-corrected chi connectivity index (χ3v) is 8.29. The average molecular weight is 469 g/mol. The first-order valence-corrected chi connectivity index (χ1v) is 13.1. The van der Waals surface area contributed by atoms with E-state index in [9.17, 15) is 4.79 Å². The van der Waals surface area contributed by atoms with E-state index >= 15 is 0 Å². The topological polar surface area (TPSA) is 61.4 Å². The molecule has 1 unspecified atom stereocenters. The van der Waals surface area contributed by atoms with E-state index in [1.165, 1.54) is 0 Å². The molecule has 1 aromatic carbocycles. The van der Waals surface area contributed by atoms with Gasteiger partial charge in [0, 0.05) is 17.1 Å². The van der Waals surface area contributed by atoms with Gasteiger partial charge < -0.3 is 4.74 Å². The van der Waals surface area contributed by atoms with Crippen molar-refractivity contribution in [3.05, 3.63) is 56.7 Å². The third-order valence-electron chi connectivity index (χ3n) is 6.08. The van der Waals surface area contributed by atoms with Crippen LogP contribution in [0.15, 0.2) is 40.3 Å². The highest BCUT2D eigenvalue weighted by Crippen LogP contribution is 2.37. The van der Waals surface area contributed by atoms with Gasteiger partial charge in [0.05, 0.1) is 24.6 Å². The van der Waals surface area contributed by atoms with Gasteiger partial charge in [-0.3, -0.25) is 9.36 Å². The Morgan fingerprint density at radius 1 is 1.25 bits per heavy atom. The fourth-order valence-electron chi connectivity index (χ4n) is 4.23. The minimum atomic E-state index is 0.0239. The molecular formula is C24H28N4O2S2. The van der Waals surface area contributed by atoms with E-state index in [4.69, 9.17) is 4.74 Å². The lowest BCUT2D eigenvalue weighted by molar-refractivity contribution is 0.00200.